The highest BCUT2D eigenvalue weighted by Gasteiger charge is 2.59. The first-order chi connectivity index (χ1) is 22.4. The van der Waals surface area contributed by atoms with Gasteiger partial charge in [-0.15, -0.1) is 0 Å². The van der Waals surface area contributed by atoms with Gasteiger partial charge in [0, 0.05) is 5.02 Å². The Hall–Kier alpha value is -4.13. The van der Waals surface area contributed by atoms with Crippen molar-refractivity contribution in [1.82, 2.24) is 29.5 Å². The van der Waals surface area contributed by atoms with Gasteiger partial charge in [0.1, 0.15) is 42.8 Å². The number of nitrogens with zero attached hydrogens (tertiary/aromatic N) is 6. The van der Waals surface area contributed by atoms with Gasteiger partial charge in [-0.3, -0.25) is 4.68 Å². The number of rotatable bonds is 8. The maximum Gasteiger partial charge on any atom is 0.194 e. The van der Waals surface area contributed by atoms with Crippen molar-refractivity contribution in [3.63, 3.8) is 0 Å². The standard InChI is InChI=1S/C17H22ClN3O.C17H11F4N3O/c1-16(2)8-7-14(9-13-3-5-15(18)6-4-13)17(16,22)10-21-12-19-11-20-21;18-12-3-1-10(2-4-12)16-17(25-16,7-24-9-22-8-23-24)11-5-13(19)15(21)14(20)6-11/h3-6,11-12,14,22H,7-10H2,1-2H3;1-6,8-9,16H,7H2/t;16-,17-/m.0/s1. The molecule has 5 aromatic rings. The Morgan fingerprint density at radius 1 is 0.872 bits per heavy atom. The number of ether oxygens (including phenoxy) is 1. The topological polar surface area (TPSA) is 94.2 Å². The third kappa shape index (κ3) is 6.67. The summed E-state index contributed by atoms with van der Waals surface area (Å²) >= 11 is 5.96. The summed E-state index contributed by atoms with van der Waals surface area (Å²) in [7, 11) is 0. The minimum atomic E-state index is -1.54. The number of halogens is 5. The molecule has 0 amide bonds. The number of hydrogen-bond donors (Lipinski definition) is 1. The zero-order valence-electron chi connectivity index (χ0n) is 25.7. The third-order valence-electron chi connectivity index (χ3n) is 9.43. The summed E-state index contributed by atoms with van der Waals surface area (Å²) < 4.78 is 62.8. The van der Waals surface area contributed by atoms with Crippen LogP contribution in [-0.4, -0.2) is 40.2 Å². The highest BCUT2D eigenvalue weighted by Crippen LogP contribution is 2.58. The first-order valence-electron chi connectivity index (χ1n) is 15.1. The highest BCUT2D eigenvalue weighted by molar-refractivity contribution is 6.30. The number of aromatic nitrogens is 6. The fourth-order valence-electron chi connectivity index (χ4n) is 6.56. The lowest BCUT2D eigenvalue weighted by atomic mass is 9.72. The zero-order valence-corrected chi connectivity index (χ0v) is 26.5. The normalized spacial score (nSPS) is 24.5. The SMILES string of the molecule is CC1(C)CCC(Cc2ccc(Cl)cc2)C1(O)Cn1cncn1.Fc1ccc([C@@H]2O[C@@]2(Cn2cncn2)c2cc(F)c(F)c(F)c2)cc1. The van der Waals surface area contributed by atoms with Gasteiger partial charge in [0.2, 0.25) is 0 Å². The van der Waals surface area contributed by atoms with Crippen LogP contribution in [0.4, 0.5) is 17.6 Å². The number of epoxide rings is 1. The van der Waals surface area contributed by atoms with Crippen molar-refractivity contribution in [1.29, 1.82) is 0 Å². The van der Waals surface area contributed by atoms with Crippen LogP contribution in [0.1, 0.15) is 49.5 Å². The molecule has 4 atom stereocenters. The molecule has 2 aromatic heterocycles. The fourth-order valence-corrected chi connectivity index (χ4v) is 6.69. The van der Waals surface area contributed by atoms with E-state index in [4.69, 9.17) is 16.3 Å². The van der Waals surface area contributed by atoms with E-state index in [0.29, 0.717) is 12.1 Å². The summed E-state index contributed by atoms with van der Waals surface area (Å²) in [5.74, 6) is -4.36. The zero-order chi connectivity index (χ0) is 33.4. The van der Waals surface area contributed by atoms with Crippen molar-refractivity contribution in [2.45, 2.75) is 63.5 Å². The van der Waals surface area contributed by atoms with Gasteiger partial charge in [-0.05, 0) is 83.7 Å². The van der Waals surface area contributed by atoms with Crippen LogP contribution in [0.3, 0.4) is 0 Å². The quantitative estimate of drug-likeness (QED) is 0.111. The lowest BCUT2D eigenvalue weighted by molar-refractivity contribution is -0.0907. The van der Waals surface area contributed by atoms with Gasteiger partial charge in [-0.2, -0.15) is 10.2 Å². The molecule has 2 fully saturated rings. The molecular weight excluding hydrogens is 636 g/mol. The van der Waals surface area contributed by atoms with Crippen molar-refractivity contribution >= 4 is 11.6 Å². The Kier molecular flexibility index (Phi) is 8.94. The average molecular weight is 669 g/mol. The van der Waals surface area contributed by atoms with Crippen LogP contribution in [-0.2, 0) is 29.8 Å². The molecule has 0 radical (unpaired) electrons. The minimum absolute atomic E-state index is 0.111. The minimum Gasteiger partial charge on any atom is -0.387 e. The molecule has 2 unspecified atom stereocenters. The van der Waals surface area contributed by atoms with Crippen LogP contribution < -0.4 is 0 Å². The van der Waals surface area contributed by atoms with Crippen LogP contribution in [0.15, 0.2) is 86.0 Å². The lowest BCUT2D eigenvalue weighted by Gasteiger charge is -2.40. The Balaban J connectivity index is 0.000000166. The van der Waals surface area contributed by atoms with Crippen LogP contribution >= 0.6 is 11.6 Å². The molecule has 1 saturated carbocycles. The highest BCUT2D eigenvalue weighted by atomic mass is 35.5. The molecular formula is C34H33ClF4N6O2. The monoisotopic (exact) mass is 668 g/mol. The summed E-state index contributed by atoms with van der Waals surface area (Å²) in [4.78, 5) is 7.81. The largest absolute Gasteiger partial charge is 0.387 e. The first-order valence-corrected chi connectivity index (χ1v) is 15.5. The second kappa shape index (κ2) is 12.8. The van der Waals surface area contributed by atoms with Gasteiger partial charge in [0.15, 0.2) is 17.5 Å². The molecule has 246 valence electrons. The summed E-state index contributed by atoms with van der Waals surface area (Å²) in [5, 5.41) is 20.3. The molecule has 3 aromatic carbocycles. The molecule has 2 aliphatic rings. The molecule has 3 heterocycles. The van der Waals surface area contributed by atoms with Crippen molar-refractivity contribution in [3.05, 3.63) is 131 Å². The van der Waals surface area contributed by atoms with Gasteiger partial charge in [-0.1, -0.05) is 49.7 Å². The van der Waals surface area contributed by atoms with E-state index in [0.717, 1.165) is 36.4 Å². The molecule has 8 nitrogen and oxygen atoms in total. The van der Waals surface area contributed by atoms with Crippen LogP contribution in [0.2, 0.25) is 5.02 Å². The Labute approximate surface area is 274 Å². The smallest absolute Gasteiger partial charge is 0.194 e. The molecule has 47 heavy (non-hydrogen) atoms. The number of benzene rings is 3. The second-order valence-electron chi connectivity index (χ2n) is 12.8. The summed E-state index contributed by atoms with van der Waals surface area (Å²) in [6.45, 7) is 4.88. The molecule has 7 rings (SSSR count). The van der Waals surface area contributed by atoms with Gasteiger partial charge in [0.05, 0.1) is 18.7 Å². The predicted octanol–water partition coefficient (Wildman–Crippen LogP) is 6.84. The summed E-state index contributed by atoms with van der Waals surface area (Å²) in [6.07, 6.45) is 8.23. The molecule has 13 heteroatoms. The first kappa shape index (κ1) is 32.8. The van der Waals surface area contributed by atoms with Crippen LogP contribution in [0, 0.1) is 34.6 Å². The lowest BCUT2D eigenvalue weighted by Crippen LogP contribution is -2.49. The number of hydrogen-bond acceptors (Lipinski definition) is 6. The van der Waals surface area contributed by atoms with E-state index in [1.807, 2.05) is 24.3 Å². The van der Waals surface area contributed by atoms with Crippen molar-refractivity contribution in [2.24, 2.45) is 11.3 Å². The van der Waals surface area contributed by atoms with E-state index in [2.05, 4.69) is 34.0 Å². The molecule has 0 spiro atoms. The van der Waals surface area contributed by atoms with E-state index < -0.39 is 40.6 Å². The van der Waals surface area contributed by atoms with Crippen LogP contribution in [0.25, 0.3) is 0 Å². The Morgan fingerprint density at radius 2 is 1.47 bits per heavy atom. The summed E-state index contributed by atoms with van der Waals surface area (Å²) in [6, 6.07) is 15.3. The predicted molar refractivity (Wildman–Crippen MR) is 165 cm³/mol. The van der Waals surface area contributed by atoms with E-state index in [1.165, 1.54) is 53.5 Å². The second-order valence-corrected chi connectivity index (χ2v) is 13.2. The number of aliphatic hydroxyl groups is 1. The maximum absolute atomic E-state index is 13.7. The third-order valence-corrected chi connectivity index (χ3v) is 9.69. The van der Waals surface area contributed by atoms with E-state index in [9.17, 15) is 22.7 Å². The van der Waals surface area contributed by atoms with E-state index in [-0.39, 0.29) is 23.4 Å². The van der Waals surface area contributed by atoms with Gasteiger partial charge in [0.25, 0.3) is 0 Å². The van der Waals surface area contributed by atoms with E-state index >= 15 is 0 Å². The van der Waals surface area contributed by atoms with Crippen molar-refractivity contribution < 1.29 is 27.4 Å². The van der Waals surface area contributed by atoms with Gasteiger partial charge < -0.3 is 9.84 Å². The van der Waals surface area contributed by atoms with E-state index in [1.54, 1.807) is 11.0 Å². The van der Waals surface area contributed by atoms with Crippen molar-refractivity contribution in [2.75, 3.05) is 0 Å². The molecule has 1 aliphatic carbocycles. The molecule has 0 bridgehead atoms. The van der Waals surface area contributed by atoms with Crippen LogP contribution in [0.5, 0.6) is 0 Å². The molecule has 1 aliphatic heterocycles. The van der Waals surface area contributed by atoms with Crippen molar-refractivity contribution in [3.8, 4) is 0 Å². The Morgan fingerprint density at radius 3 is 2.04 bits per heavy atom. The molecule has 1 N–H and O–H groups in total. The molecule has 1 saturated heterocycles. The summed E-state index contributed by atoms with van der Waals surface area (Å²) in [5.41, 5.74) is -0.110. The fraction of sp³-hybridized carbons (Fsp3) is 0.353. The Bertz CT molecular complexity index is 1780. The van der Waals surface area contributed by atoms with Gasteiger partial charge >= 0.3 is 0 Å². The van der Waals surface area contributed by atoms with Gasteiger partial charge in [-0.25, -0.2) is 32.2 Å². The average Bonchev–Trinajstić information content (AvgIpc) is 3.36. The maximum atomic E-state index is 13.7.